The lowest BCUT2D eigenvalue weighted by molar-refractivity contribution is -0.121. The lowest BCUT2D eigenvalue weighted by Crippen LogP contribution is -2.20. The standard InChI is InChI=1S/C23H33BrO5S/c1-29-17(8-10-18-11-13-23(24)30-18)9-12-20-19(21(27)14-22(20)28)7-5-3-2-4-6-16(26)15-25/h3,5,9,11-13,17,19-22,25,27-28H,2,4,6-8,10,14-15H2,1H3/t17-,19+,20+,21-,22+/m0/s1. The van der Waals surface area contributed by atoms with Gasteiger partial charge in [0.05, 0.1) is 22.1 Å². The van der Waals surface area contributed by atoms with Crippen LogP contribution in [0.4, 0.5) is 0 Å². The number of allylic oxidation sites excluding steroid dienone is 2. The number of halogens is 1. The van der Waals surface area contributed by atoms with Gasteiger partial charge < -0.3 is 20.1 Å². The Morgan fingerprint density at radius 3 is 2.80 bits per heavy atom. The van der Waals surface area contributed by atoms with Gasteiger partial charge in [-0.25, -0.2) is 0 Å². The molecule has 0 unspecified atom stereocenters. The number of unbranched alkanes of at least 4 members (excludes halogenated alkanes) is 1. The molecule has 0 radical (unpaired) electrons. The molecular formula is C23H33BrO5S. The van der Waals surface area contributed by atoms with Gasteiger partial charge in [-0.05, 0) is 66.1 Å². The van der Waals surface area contributed by atoms with Crippen molar-refractivity contribution in [3.63, 3.8) is 0 Å². The normalized spacial score (nSPS) is 25.5. The van der Waals surface area contributed by atoms with Gasteiger partial charge in [0.1, 0.15) is 6.61 Å². The van der Waals surface area contributed by atoms with Gasteiger partial charge in [0.25, 0.3) is 0 Å². The van der Waals surface area contributed by atoms with E-state index in [1.54, 1.807) is 18.4 Å². The van der Waals surface area contributed by atoms with E-state index in [1.807, 2.05) is 24.3 Å². The molecule has 2 rings (SSSR count). The number of hydrogen-bond acceptors (Lipinski definition) is 6. The number of aryl methyl sites for hydroxylation is 1. The van der Waals surface area contributed by atoms with Crippen LogP contribution in [0.15, 0.2) is 40.2 Å². The third-order valence-corrected chi connectivity index (χ3v) is 7.33. The van der Waals surface area contributed by atoms with E-state index in [-0.39, 0.29) is 23.7 Å². The molecule has 1 heterocycles. The summed E-state index contributed by atoms with van der Waals surface area (Å²) in [6.45, 7) is -0.392. The topological polar surface area (TPSA) is 87.0 Å². The number of methoxy groups -OCH3 is 1. The molecule has 0 saturated heterocycles. The zero-order valence-electron chi connectivity index (χ0n) is 17.5. The minimum atomic E-state index is -0.553. The maximum absolute atomic E-state index is 11.1. The van der Waals surface area contributed by atoms with Crippen molar-refractivity contribution in [3.05, 3.63) is 45.1 Å². The number of Topliss-reactive ketones (excluding diaryl/α,β-unsaturated/α-hetero) is 1. The van der Waals surface area contributed by atoms with E-state index < -0.39 is 18.8 Å². The molecule has 7 heteroatoms. The number of ether oxygens (including phenoxy) is 1. The van der Waals surface area contributed by atoms with E-state index in [1.165, 1.54) is 4.88 Å². The first-order valence-electron chi connectivity index (χ1n) is 10.5. The minimum absolute atomic E-state index is 0.0302. The summed E-state index contributed by atoms with van der Waals surface area (Å²) in [6.07, 6.45) is 11.7. The van der Waals surface area contributed by atoms with Gasteiger partial charge >= 0.3 is 0 Å². The van der Waals surface area contributed by atoms with Crippen LogP contribution in [-0.4, -0.2) is 53.1 Å². The highest BCUT2D eigenvalue weighted by atomic mass is 79.9. The minimum Gasteiger partial charge on any atom is -0.393 e. The van der Waals surface area contributed by atoms with Crippen LogP contribution in [0.2, 0.25) is 0 Å². The Hall–Kier alpha value is -0.830. The maximum atomic E-state index is 11.1. The monoisotopic (exact) mass is 500 g/mol. The molecule has 0 aromatic carbocycles. The van der Waals surface area contributed by atoms with Gasteiger partial charge in [-0.15, -0.1) is 11.3 Å². The van der Waals surface area contributed by atoms with E-state index in [4.69, 9.17) is 9.84 Å². The molecule has 1 aliphatic rings. The van der Waals surface area contributed by atoms with Crippen molar-refractivity contribution in [2.24, 2.45) is 11.8 Å². The summed E-state index contributed by atoms with van der Waals surface area (Å²) < 4.78 is 6.72. The molecule has 1 aromatic rings. The first kappa shape index (κ1) is 25.4. The second kappa shape index (κ2) is 13.6. The van der Waals surface area contributed by atoms with E-state index in [2.05, 4.69) is 28.1 Å². The van der Waals surface area contributed by atoms with Crippen molar-refractivity contribution in [2.75, 3.05) is 13.7 Å². The van der Waals surface area contributed by atoms with Crippen molar-refractivity contribution in [3.8, 4) is 0 Å². The molecule has 5 atom stereocenters. The fourth-order valence-corrected chi connectivity index (χ4v) is 5.39. The summed E-state index contributed by atoms with van der Waals surface area (Å²) in [5, 5.41) is 29.5. The summed E-state index contributed by atoms with van der Waals surface area (Å²) in [7, 11) is 1.70. The SMILES string of the molecule is CO[C@H](C=C[C@@H]1[C@@H](CC=CCCCC(=O)CO)[C@@H](O)C[C@H]1O)CCc1ccc(Br)s1. The largest absolute Gasteiger partial charge is 0.393 e. The number of hydrogen-bond donors (Lipinski definition) is 3. The fraction of sp³-hybridized carbons (Fsp3) is 0.609. The van der Waals surface area contributed by atoms with Crippen LogP contribution in [0.5, 0.6) is 0 Å². The van der Waals surface area contributed by atoms with Crippen LogP contribution in [0.3, 0.4) is 0 Å². The van der Waals surface area contributed by atoms with Crippen molar-refractivity contribution >= 4 is 33.0 Å². The number of carbonyl (C=O) groups excluding carboxylic acids is 1. The zero-order valence-corrected chi connectivity index (χ0v) is 19.9. The fourth-order valence-electron chi connectivity index (χ4n) is 3.89. The van der Waals surface area contributed by atoms with Gasteiger partial charge in [-0.3, -0.25) is 4.79 Å². The molecule has 0 bridgehead atoms. The first-order chi connectivity index (χ1) is 14.4. The third kappa shape index (κ3) is 8.36. The van der Waals surface area contributed by atoms with E-state index in [9.17, 15) is 15.0 Å². The summed E-state index contributed by atoms with van der Waals surface area (Å²) in [4.78, 5) is 12.4. The predicted molar refractivity (Wildman–Crippen MR) is 124 cm³/mol. The Bertz CT molecular complexity index is 702. The van der Waals surface area contributed by atoms with Crippen LogP contribution in [0.1, 0.15) is 43.4 Å². The summed E-state index contributed by atoms with van der Waals surface area (Å²) >= 11 is 5.21. The lowest BCUT2D eigenvalue weighted by Gasteiger charge is -2.20. The average Bonchev–Trinajstić information content (AvgIpc) is 3.26. The molecule has 0 amide bonds. The smallest absolute Gasteiger partial charge is 0.158 e. The summed E-state index contributed by atoms with van der Waals surface area (Å²) in [5.41, 5.74) is 0. The van der Waals surface area contributed by atoms with Crippen LogP contribution < -0.4 is 0 Å². The molecule has 168 valence electrons. The summed E-state index contributed by atoms with van der Waals surface area (Å²) in [6, 6.07) is 4.17. The molecule has 0 aliphatic heterocycles. The highest BCUT2D eigenvalue weighted by molar-refractivity contribution is 9.11. The number of carbonyl (C=O) groups is 1. The van der Waals surface area contributed by atoms with Gasteiger partial charge in [-0.2, -0.15) is 0 Å². The first-order valence-corrected chi connectivity index (χ1v) is 12.1. The summed E-state index contributed by atoms with van der Waals surface area (Å²) in [5.74, 6) is -0.270. The molecule has 1 aliphatic carbocycles. The average molecular weight is 501 g/mol. The van der Waals surface area contributed by atoms with Crippen LogP contribution in [0, 0.1) is 11.8 Å². The van der Waals surface area contributed by atoms with Crippen molar-refractivity contribution in [1.29, 1.82) is 0 Å². The number of aliphatic hydroxyl groups is 3. The van der Waals surface area contributed by atoms with E-state index in [0.29, 0.717) is 25.7 Å². The van der Waals surface area contributed by atoms with E-state index >= 15 is 0 Å². The van der Waals surface area contributed by atoms with Gasteiger partial charge in [0, 0.05) is 30.7 Å². The molecule has 5 nitrogen and oxygen atoms in total. The Morgan fingerprint density at radius 1 is 1.33 bits per heavy atom. The molecule has 1 fully saturated rings. The number of rotatable bonds is 13. The van der Waals surface area contributed by atoms with Crippen molar-refractivity contribution in [1.82, 2.24) is 0 Å². The highest BCUT2D eigenvalue weighted by Crippen LogP contribution is 2.36. The van der Waals surface area contributed by atoms with Crippen LogP contribution >= 0.6 is 27.3 Å². The van der Waals surface area contributed by atoms with Crippen LogP contribution in [-0.2, 0) is 16.0 Å². The molecule has 1 saturated carbocycles. The van der Waals surface area contributed by atoms with Crippen molar-refractivity contribution < 1.29 is 24.9 Å². The Morgan fingerprint density at radius 2 is 2.13 bits per heavy atom. The Labute approximate surface area is 191 Å². The highest BCUT2D eigenvalue weighted by Gasteiger charge is 2.39. The molecule has 3 N–H and O–H groups in total. The van der Waals surface area contributed by atoms with Gasteiger partial charge in [0.15, 0.2) is 5.78 Å². The lowest BCUT2D eigenvalue weighted by atomic mass is 9.89. The number of ketones is 1. The predicted octanol–water partition coefficient (Wildman–Crippen LogP) is 4.05. The number of aliphatic hydroxyl groups excluding tert-OH is 3. The number of thiophene rings is 1. The van der Waals surface area contributed by atoms with Crippen molar-refractivity contribution in [2.45, 2.75) is 63.3 Å². The molecule has 0 spiro atoms. The molecular weight excluding hydrogens is 468 g/mol. The second-order valence-corrected chi connectivity index (χ2v) is 10.4. The second-order valence-electron chi connectivity index (χ2n) is 7.81. The Balaban J connectivity index is 1.85. The Kier molecular flexibility index (Phi) is 11.5. The van der Waals surface area contributed by atoms with Gasteiger partial charge in [0.2, 0.25) is 0 Å². The quantitative estimate of drug-likeness (QED) is 0.281. The van der Waals surface area contributed by atoms with Crippen LogP contribution in [0.25, 0.3) is 0 Å². The third-order valence-electron chi connectivity index (χ3n) is 5.65. The van der Waals surface area contributed by atoms with Gasteiger partial charge in [-0.1, -0.05) is 24.3 Å². The van der Waals surface area contributed by atoms with E-state index in [0.717, 1.165) is 23.0 Å². The molecule has 30 heavy (non-hydrogen) atoms. The zero-order chi connectivity index (χ0) is 21.9. The maximum Gasteiger partial charge on any atom is 0.158 e. The molecule has 1 aromatic heterocycles.